The fourth-order valence-electron chi connectivity index (χ4n) is 13.5. The first-order chi connectivity index (χ1) is 33.0. The topological polar surface area (TPSA) is 71.1 Å². The minimum Gasteiger partial charge on any atom is -0.494 e. The fourth-order valence-corrected chi connectivity index (χ4v) is 13.5. The number of benzene rings is 3. The van der Waals surface area contributed by atoms with Crippen LogP contribution in [0.5, 0.6) is 17.2 Å². The quantitative estimate of drug-likeness (QED) is 0.0346. The first kappa shape index (κ1) is 51.8. The molecule has 0 aliphatic heterocycles. The molecule has 0 amide bonds. The fraction of sp³-hybridized carbons (Fsp3) is 0.645. The normalized spacial score (nSPS) is 25.7. The van der Waals surface area contributed by atoms with Crippen LogP contribution in [-0.4, -0.2) is 31.3 Å². The number of esters is 2. The molecule has 6 nitrogen and oxygen atoms in total. The summed E-state index contributed by atoms with van der Waals surface area (Å²) in [5, 5.41) is 0. The zero-order chi connectivity index (χ0) is 47.9. The molecule has 0 unspecified atom stereocenters. The summed E-state index contributed by atoms with van der Waals surface area (Å²) in [4.78, 5) is 25.9. The third kappa shape index (κ3) is 13.6. The Bertz CT molecular complexity index is 2030. The van der Waals surface area contributed by atoms with Gasteiger partial charge >= 0.3 is 11.9 Å². The summed E-state index contributed by atoms with van der Waals surface area (Å²) >= 11 is 0. The van der Waals surface area contributed by atoms with Gasteiger partial charge in [0, 0.05) is 12.8 Å². The molecule has 7 rings (SSSR count). The lowest BCUT2D eigenvalue weighted by Crippen LogP contribution is -2.51. The zero-order valence-corrected chi connectivity index (χ0v) is 43.2. The highest BCUT2D eigenvalue weighted by Crippen LogP contribution is 2.67. The maximum absolute atomic E-state index is 13.0. The van der Waals surface area contributed by atoms with Gasteiger partial charge in [0.2, 0.25) is 0 Å². The van der Waals surface area contributed by atoms with Crippen molar-refractivity contribution in [1.82, 2.24) is 0 Å². The Morgan fingerprint density at radius 3 is 1.88 bits per heavy atom. The van der Waals surface area contributed by atoms with Crippen molar-refractivity contribution >= 4 is 11.9 Å². The molecule has 0 aromatic heterocycles. The lowest BCUT2D eigenvalue weighted by Gasteiger charge is -2.58. The lowest BCUT2D eigenvalue weighted by molar-refractivity contribution is -0.151. The highest BCUT2D eigenvalue weighted by atomic mass is 16.5. The van der Waals surface area contributed by atoms with Crippen molar-refractivity contribution in [2.75, 3.05) is 13.2 Å². The summed E-state index contributed by atoms with van der Waals surface area (Å²) in [5.41, 5.74) is 4.92. The highest BCUT2D eigenvalue weighted by Gasteiger charge is 2.59. The van der Waals surface area contributed by atoms with Gasteiger partial charge in [0.1, 0.15) is 23.4 Å². The predicted molar refractivity (Wildman–Crippen MR) is 278 cm³/mol. The molecular weight excluding hydrogens is 841 g/mol. The standard InChI is InChI=1S/C62H88O6/c1-7-8-9-10-11-12-13-14-16-42-65-52-31-26-49(27-32-52)60(64)68-53-33-24-48(25-34-53)47-22-29-51(30-23-47)66-43-17-15-21-59(63)67-54-38-40-61(5)50(44-54)28-35-55-57-37-36-56(46(4)20-18-19-45(2)3)62(57,6)41-39-58(55)61/h22-34,45-46,54-58H,7-21,35-44H2,1-6H3/t46-,54+,55+,56-,57+,58+,61+,62-/m1/s1. The van der Waals surface area contributed by atoms with E-state index < -0.39 is 5.97 Å². The molecule has 0 N–H and O–H groups in total. The van der Waals surface area contributed by atoms with E-state index in [1.165, 1.54) is 103 Å². The molecule has 4 aliphatic carbocycles. The van der Waals surface area contributed by atoms with Crippen LogP contribution in [0.15, 0.2) is 84.4 Å². The molecule has 0 bridgehead atoms. The average molecular weight is 929 g/mol. The summed E-state index contributed by atoms with van der Waals surface area (Å²) in [6.45, 7) is 16.1. The molecule has 3 aromatic carbocycles. The Morgan fingerprint density at radius 2 is 1.24 bits per heavy atom. The largest absolute Gasteiger partial charge is 0.494 e. The van der Waals surface area contributed by atoms with Crippen molar-refractivity contribution in [1.29, 1.82) is 0 Å². The third-order valence-electron chi connectivity index (χ3n) is 17.5. The van der Waals surface area contributed by atoms with Crippen LogP contribution in [0, 0.1) is 46.3 Å². The van der Waals surface area contributed by atoms with Crippen molar-refractivity contribution < 1.29 is 28.5 Å². The number of allylic oxidation sites excluding steroid dienone is 1. The molecule has 68 heavy (non-hydrogen) atoms. The SMILES string of the molecule is CCCCCCCCCCCOc1ccc(C(=O)Oc2ccc(-c3ccc(OCCCCC(=O)O[C@H]4CC[C@@]5(C)C(=CC[C@H]6[C@@H]7CC[C@H]([C@H](C)CCCC(C)C)[C@@]7(C)CC[C@@H]65)C4)cc3)cc2)cc1. The van der Waals surface area contributed by atoms with Gasteiger partial charge in [0.25, 0.3) is 0 Å². The van der Waals surface area contributed by atoms with Gasteiger partial charge in [-0.1, -0.05) is 148 Å². The van der Waals surface area contributed by atoms with E-state index in [9.17, 15) is 9.59 Å². The number of hydrogen-bond donors (Lipinski definition) is 0. The Hall–Kier alpha value is -4.06. The zero-order valence-electron chi connectivity index (χ0n) is 43.2. The van der Waals surface area contributed by atoms with E-state index in [0.29, 0.717) is 36.4 Å². The summed E-state index contributed by atoms with van der Waals surface area (Å²) in [5.74, 6) is 6.63. The van der Waals surface area contributed by atoms with Crippen molar-refractivity contribution in [2.45, 2.75) is 195 Å². The molecule has 3 saturated carbocycles. The monoisotopic (exact) mass is 929 g/mol. The smallest absolute Gasteiger partial charge is 0.343 e. The number of ether oxygens (including phenoxy) is 4. The van der Waals surface area contributed by atoms with Crippen LogP contribution in [-0.2, 0) is 9.53 Å². The summed E-state index contributed by atoms with van der Waals surface area (Å²) in [7, 11) is 0. The number of fused-ring (bicyclic) bond motifs is 5. The van der Waals surface area contributed by atoms with E-state index in [0.717, 1.165) is 96.7 Å². The van der Waals surface area contributed by atoms with Gasteiger partial charge in [-0.3, -0.25) is 4.79 Å². The molecular formula is C62H88O6. The van der Waals surface area contributed by atoms with Gasteiger partial charge in [-0.05, 0) is 170 Å². The van der Waals surface area contributed by atoms with Gasteiger partial charge in [-0.2, -0.15) is 0 Å². The summed E-state index contributed by atoms with van der Waals surface area (Å²) in [6.07, 6.45) is 30.2. The summed E-state index contributed by atoms with van der Waals surface area (Å²) < 4.78 is 23.8. The van der Waals surface area contributed by atoms with Crippen LogP contribution in [0.4, 0.5) is 0 Å². The minimum atomic E-state index is -0.394. The van der Waals surface area contributed by atoms with Crippen molar-refractivity contribution in [3.63, 3.8) is 0 Å². The van der Waals surface area contributed by atoms with Crippen molar-refractivity contribution in [3.8, 4) is 28.4 Å². The average Bonchev–Trinajstić information content (AvgIpc) is 3.70. The van der Waals surface area contributed by atoms with Gasteiger partial charge in [-0.25, -0.2) is 4.79 Å². The van der Waals surface area contributed by atoms with Crippen molar-refractivity contribution in [2.24, 2.45) is 46.3 Å². The Labute approximate surface area is 412 Å². The van der Waals surface area contributed by atoms with Crippen molar-refractivity contribution in [3.05, 3.63) is 90.0 Å². The number of rotatable bonds is 26. The second-order valence-corrected chi connectivity index (χ2v) is 22.6. The van der Waals surface area contributed by atoms with Crippen LogP contribution in [0.25, 0.3) is 11.1 Å². The van der Waals surface area contributed by atoms with Crippen LogP contribution in [0.3, 0.4) is 0 Å². The Kier molecular flexibility index (Phi) is 19.2. The molecule has 4 aliphatic rings. The molecule has 3 aromatic rings. The number of unbranched alkanes of at least 4 members (excludes halogenated alkanes) is 9. The molecule has 0 spiro atoms. The molecule has 3 fully saturated rings. The third-order valence-corrected chi connectivity index (χ3v) is 17.5. The molecule has 6 heteroatoms. The first-order valence-corrected chi connectivity index (χ1v) is 27.6. The van der Waals surface area contributed by atoms with Gasteiger partial charge in [0.05, 0.1) is 18.8 Å². The number of carbonyl (C=O) groups is 2. The van der Waals surface area contributed by atoms with Crippen LogP contribution >= 0.6 is 0 Å². The van der Waals surface area contributed by atoms with Crippen LogP contribution in [0.2, 0.25) is 0 Å². The van der Waals surface area contributed by atoms with Gasteiger partial charge in [-0.15, -0.1) is 0 Å². The first-order valence-electron chi connectivity index (χ1n) is 27.6. The Balaban J connectivity index is 0.764. The maximum Gasteiger partial charge on any atom is 0.343 e. The Morgan fingerprint density at radius 1 is 0.632 bits per heavy atom. The molecule has 0 radical (unpaired) electrons. The highest BCUT2D eigenvalue weighted by molar-refractivity contribution is 5.91. The lowest BCUT2D eigenvalue weighted by atomic mass is 9.47. The second-order valence-electron chi connectivity index (χ2n) is 22.6. The van der Waals surface area contributed by atoms with Crippen LogP contribution in [0.1, 0.15) is 200 Å². The van der Waals surface area contributed by atoms with E-state index in [4.69, 9.17) is 18.9 Å². The maximum atomic E-state index is 13.0. The second kappa shape index (κ2) is 25.2. The molecule has 0 saturated heterocycles. The van der Waals surface area contributed by atoms with E-state index in [1.54, 1.807) is 17.7 Å². The van der Waals surface area contributed by atoms with Crippen LogP contribution < -0.4 is 14.2 Å². The van der Waals surface area contributed by atoms with E-state index in [-0.39, 0.29) is 17.5 Å². The van der Waals surface area contributed by atoms with Gasteiger partial charge < -0.3 is 18.9 Å². The molecule has 372 valence electrons. The minimum absolute atomic E-state index is 0.0125. The predicted octanol–water partition coefficient (Wildman–Crippen LogP) is 17.0. The van der Waals surface area contributed by atoms with Gasteiger partial charge in [0.15, 0.2) is 0 Å². The molecule has 8 atom stereocenters. The van der Waals surface area contributed by atoms with E-state index >= 15 is 0 Å². The summed E-state index contributed by atoms with van der Waals surface area (Å²) in [6, 6.07) is 22.8. The number of hydrogen-bond acceptors (Lipinski definition) is 6. The van der Waals surface area contributed by atoms with E-state index in [2.05, 4.69) is 47.6 Å². The molecule has 0 heterocycles. The number of carbonyl (C=O) groups excluding carboxylic acids is 2. The van der Waals surface area contributed by atoms with E-state index in [1.807, 2.05) is 60.7 Å².